The lowest BCUT2D eigenvalue weighted by molar-refractivity contribution is 0.1000. The zero-order valence-electron chi connectivity index (χ0n) is 12.9. The van der Waals surface area contributed by atoms with Crippen LogP contribution in [0, 0.1) is 0 Å². The number of aromatic nitrogens is 4. The quantitative estimate of drug-likeness (QED) is 0.672. The molecule has 3 rings (SSSR count). The first-order valence-electron chi connectivity index (χ1n) is 6.82. The molecule has 0 aliphatic heterocycles. The third-order valence-corrected chi connectivity index (χ3v) is 2.92. The Hall–Kier alpha value is -2.93. The van der Waals surface area contributed by atoms with E-state index in [1.54, 1.807) is 24.6 Å². The molecule has 7 nitrogen and oxygen atoms in total. The smallest absolute Gasteiger partial charge is 0.179 e. The van der Waals surface area contributed by atoms with E-state index in [0.29, 0.717) is 22.8 Å². The number of nitrogens with zero attached hydrogens (tertiary/aromatic N) is 4. The van der Waals surface area contributed by atoms with Gasteiger partial charge < -0.3 is 4.42 Å². The summed E-state index contributed by atoms with van der Waals surface area (Å²) < 4.78 is 5.14. The highest BCUT2D eigenvalue weighted by molar-refractivity contribution is 6.29. The Morgan fingerprint density at radius 3 is 2.08 bits per heavy atom. The predicted octanol–water partition coefficient (Wildman–Crippen LogP) is 3.27. The molecular formula is C16H13ClN4O3. The van der Waals surface area contributed by atoms with Crippen molar-refractivity contribution in [2.24, 2.45) is 0 Å². The highest BCUT2D eigenvalue weighted by Gasteiger charge is 2.06. The summed E-state index contributed by atoms with van der Waals surface area (Å²) in [5, 5.41) is 0.243. The van der Waals surface area contributed by atoms with Crippen molar-refractivity contribution in [3.05, 3.63) is 59.7 Å². The molecule has 0 saturated heterocycles. The van der Waals surface area contributed by atoms with Gasteiger partial charge in [0.1, 0.15) is 22.2 Å². The van der Waals surface area contributed by atoms with E-state index in [0.717, 1.165) is 0 Å². The molecule has 0 spiro atoms. The van der Waals surface area contributed by atoms with E-state index in [-0.39, 0.29) is 16.7 Å². The molecule has 3 aromatic rings. The first-order chi connectivity index (χ1) is 11.5. The van der Waals surface area contributed by atoms with E-state index in [1.165, 1.54) is 32.4 Å². The van der Waals surface area contributed by atoms with Crippen LogP contribution in [0.4, 0.5) is 0 Å². The summed E-state index contributed by atoms with van der Waals surface area (Å²) in [6.45, 7) is 2.87. The van der Waals surface area contributed by atoms with Gasteiger partial charge in [-0.05, 0) is 12.1 Å². The summed E-state index contributed by atoms with van der Waals surface area (Å²) in [4.78, 5) is 37.1. The molecule has 122 valence electrons. The largest absolute Gasteiger partial charge is 0.463 e. The molecule has 0 bridgehead atoms. The zero-order chi connectivity index (χ0) is 17.5. The monoisotopic (exact) mass is 344 g/mol. The molecule has 0 aliphatic carbocycles. The number of ketones is 2. The molecule has 8 heteroatoms. The normalized spacial score (nSPS) is 9.79. The van der Waals surface area contributed by atoms with Crippen molar-refractivity contribution in [2.75, 3.05) is 0 Å². The van der Waals surface area contributed by atoms with E-state index in [4.69, 9.17) is 16.0 Å². The maximum Gasteiger partial charge on any atom is 0.179 e. The number of Topliss-reactive ketones (excluding diaryl/α,β-unsaturated/α-hetero) is 2. The van der Waals surface area contributed by atoms with Gasteiger partial charge in [0.15, 0.2) is 17.3 Å². The van der Waals surface area contributed by atoms with Crippen LogP contribution in [0.2, 0.25) is 5.15 Å². The number of hydrogen-bond acceptors (Lipinski definition) is 7. The lowest BCUT2D eigenvalue weighted by atomic mass is 10.3. The minimum Gasteiger partial charge on any atom is -0.463 e. The molecule has 0 saturated carbocycles. The molecule has 24 heavy (non-hydrogen) atoms. The zero-order valence-corrected chi connectivity index (χ0v) is 13.7. The van der Waals surface area contributed by atoms with Gasteiger partial charge in [0.05, 0.1) is 31.1 Å². The first-order valence-corrected chi connectivity index (χ1v) is 7.20. The Labute approximate surface area is 142 Å². The van der Waals surface area contributed by atoms with Crippen molar-refractivity contribution < 1.29 is 14.0 Å². The Kier molecular flexibility index (Phi) is 5.86. The second-order valence-corrected chi connectivity index (χ2v) is 4.99. The second-order valence-electron chi connectivity index (χ2n) is 4.61. The minimum absolute atomic E-state index is 0.106. The van der Waals surface area contributed by atoms with Gasteiger partial charge in [-0.2, -0.15) is 0 Å². The van der Waals surface area contributed by atoms with E-state index < -0.39 is 0 Å². The van der Waals surface area contributed by atoms with Crippen LogP contribution in [-0.2, 0) is 0 Å². The maximum atomic E-state index is 11.0. The van der Waals surface area contributed by atoms with Crippen LogP contribution in [0.3, 0.4) is 0 Å². The fourth-order valence-corrected chi connectivity index (χ4v) is 1.74. The first kappa shape index (κ1) is 17.4. The van der Waals surface area contributed by atoms with Crippen molar-refractivity contribution in [3.8, 4) is 11.5 Å². The van der Waals surface area contributed by atoms with Gasteiger partial charge in [0.25, 0.3) is 0 Å². The molecule has 0 aliphatic rings. The van der Waals surface area contributed by atoms with Crippen molar-refractivity contribution in [2.45, 2.75) is 13.8 Å². The Balaban J connectivity index is 0.000000185. The van der Waals surface area contributed by atoms with Crippen LogP contribution in [-0.4, -0.2) is 31.5 Å². The average Bonchev–Trinajstić information content (AvgIpc) is 3.10. The summed E-state index contributed by atoms with van der Waals surface area (Å²) in [7, 11) is 0. The topological polar surface area (TPSA) is 98.8 Å². The number of hydrogen-bond donors (Lipinski definition) is 0. The maximum absolute atomic E-state index is 11.0. The molecule has 0 amide bonds. The van der Waals surface area contributed by atoms with Gasteiger partial charge in [-0.3, -0.25) is 19.6 Å². The van der Waals surface area contributed by atoms with Crippen molar-refractivity contribution >= 4 is 23.2 Å². The van der Waals surface area contributed by atoms with Crippen LogP contribution in [0.1, 0.15) is 34.8 Å². The Morgan fingerprint density at radius 1 is 0.958 bits per heavy atom. The van der Waals surface area contributed by atoms with Gasteiger partial charge in [0.2, 0.25) is 0 Å². The molecular weight excluding hydrogens is 332 g/mol. The van der Waals surface area contributed by atoms with Gasteiger partial charge in [-0.25, -0.2) is 9.97 Å². The average molecular weight is 345 g/mol. The van der Waals surface area contributed by atoms with Crippen LogP contribution < -0.4 is 0 Å². The number of furan rings is 1. The summed E-state index contributed by atoms with van der Waals surface area (Å²) in [6, 6.07) is 3.53. The Bertz CT molecular complexity index is 850. The van der Waals surface area contributed by atoms with Crippen molar-refractivity contribution in [1.29, 1.82) is 0 Å². The number of rotatable bonds is 3. The van der Waals surface area contributed by atoms with Crippen LogP contribution >= 0.6 is 11.6 Å². The van der Waals surface area contributed by atoms with Crippen LogP contribution in [0.25, 0.3) is 11.5 Å². The van der Waals surface area contributed by atoms with E-state index >= 15 is 0 Å². The standard InChI is InChI=1S/C10H8N2O2.C6H5ClN2O/c1-7(13)8-5-11-6-9(12-8)10-3-2-4-14-10;1-4(10)5-2-8-3-6(7)9-5/h2-6H,1H3;2-3H,1H3. The third-order valence-electron chi connectivity index (χ3n) is 2.73. The number of halogens is 1. The molecule has 0 fully saturated rings. The van der Waals surface area contributed by atoms with Crippen molar-refractivity contribution in [3.63, 3.8) is 0 Å². The van der Waals surface area contributed by atoms with E-state index in [1.807, 2.05) is 0 Å². The summed E-state index contributed by atoms with van der Waals surface area (Å²) >= 11 is 5.46. The van der Waals surface area contributed by atoms with Gasteiger partial charge in [-0.1, -0.05) is 11.6 Å². The highest BCUT2D eigenvalue weighted by Crippen LogP contribution is 2.16. The second kappa shape index (κ2) is 8.07. The number of carbonyl (C=O) groups excluding carboxylic acids is 2. The fraction of sp³-hybridized carbons (Fsp3) is 0.125. The highest BCUT2D eigenvalue weighted by atomic mass is 35.5. The summed E-state index contributed by atoms with van der Waals surface area (Å²) in [5.41, 5.74) is 1.22. The molecule has 0 N–H and O–H groups in total. The van der Waals surface area contributed by atoms with Crippen molar-refractivity contribution in [1.82, 2.24) is 19.9 Å². The van der Waals surface area contributed by atoms with Crippen LogP contribution in [0.15, 0.2) is 47.6 Å². The van der Waals surface area contributed by atoms with Gasteiger partial charge >= 0.3 is 0 Å². The number of carbonyl (C=O) groups is 2. The van der Waals surface area contributed by atoms with Crippen LogP contribution in [0.5, 0.6) is 0 Å². The molecule has 3 aromatic heterocycles. The Morgan fingerprint density at radius 2 is 1.58 bits per heavy atom. The predicted molar refractivity (Wildman–Crippen MR) is 86.8 cm³/mol. The molecule has 0 unspecified atom stereocenters. The van der Waals surface area contributed by atoms with Gasteiger partial charge in [-0.15, -0.1) is 0 Å². The summed E-state index contributed by atoms with van der Waals surface area (Å²) in [5.74, 6) is 0.376. The molecule has 0 radical (unpaired) electrons. The lowest BCUT2D eigenvalue weighted by Crippen LogP contribution is -1.98. The van der Waals surface area contributed by atoms with Gasteiger partial charge in [0, 0.05) is 13.8 Å². The molecule has 0 atom stereocenters. The SMILES string of the molecule is CC(=O)c1cncc(-c2ccco2)n1.CC(=O)c1cncc(Cl)n1. The molecule has 3 heterocycles. The lowest BCUT2D eigenvalue weighted by Gasteiger charge is -1.97. The minimum atomic E-state index is -0.130. The molecule has 0 aromatic carbocycles. The fourth-order valence-electron chi connectivity index (χ4n) is 1.59. The summed E-state index contributed by atoms with van der Waals surface area (Å²) in [6.07, 6.45) is 7.32. The third kappa shape index (κ3) is 4.79. The van der Waals surface area contributed by atoms with E-state index in [9.17, 15) is 9.59 Å². The van der Waals surface area contributed by atoms with E-state index in [2.05, 4.69) is 19.9 Å².